The minimum atomic E-state index is -3.46. The van der Waals surface area contributed by atoms with Crippen LogP contribution in [0.25, 0.3) is 0 Å². The van der Waals surface area contributed by atoms with Crippen molar-refractivity contribution >= 4 is 43.2 Å². The van der Waals surface area contributed by atoms with Crippen molar-refractivity contribution in [3.63, 3.8) is 0 Å². The molecule has 1 aromatic rings. The van der Waals surface area contributed by atoms with Crippen LogP contribution in [-0.2, 0) is 10.0 Å². The third kappa shape index (κ3) is 3.43. The molecule has 0 heterocycles. The molecule has 0 aliphatic rings. The molecule has 1 aromatic carbocycles. The fourth-order valence-corrected chi connectivity index (χ4v) is 1.92. The number of sulfonamides is 1. The van der Waals surface area contributed by atoms with E-state index in [0.29, 0.717) is 0 Å². The molecule has 0 atom stereocenters. The quantitative estimate of drug-likeness (QED) is 0.872. The Bertz CT molecular complexity index is 417. The Balaban J connectivity index is 2.98. The molecular formula is C7H6BrClFNO2S. The van der Waals surface area contributed by atoms with Gasteiger partial charge < -0.3 is 0 Å². The van der Waals surface area contributed by atoms with Gasteiger partial charge >= 0.3 is 0 Å². The lowest BCUT2D eigenvalue weighted by atomic mass is 10.3. The van der Waals surface area contributed by atoms with Crippen LogP contribution in [-0.4, -0.2) is 13.1 Å². The van der Waals surface area contributed by atoms with Crippen LogP contribution in [0.15, 0.2) is 18.2 Å². The summed E-state index contributed by atoms with van der Waals surface area (Å²) in [5.74, 6) is -0.593. The van der Waals surface area contributed by atoms with Crippen molar-refractivity contribution in [1.82, 2.24) is 0 Å². The van der Waals surface area contributed by atoms with Crippen LogP contribution in [0.4, 0.5) is 10.1 Å². The maximum absolute atomic E-state index is 12.8. The first-order chi connectivity index (χ1) is 6.43. The van der Waals surface area contributed by atoms with E-state index < -0.39 is 15.8 Å². The number of nitrogens with one attached hydrogen (secondary N) is 1. The molecule has 0 bridgehead atoms. The third-order valence-electron chi connectivity index (χ3n) is 1.28. The van der Waals surface area contributed by atoms with Gasteiger partial charge in [-0.2, -0.15) is 0 Å². The summed E-state index contributed by atoms with van der Waals surface area (Å²) in [6, 6.07) is 3.46. The molecule has 7 heteroatoms. The van der Waals surface area contributed by atoms with Crippen LogP contribution in [0, 0.1) is 5.82 Å². The molecule has 0 amide bonds. The van der Waals surface area contributed by atoms with Crippen molar-refractivity contribution in [3.8, 4) is 0 Å². The Morgan fingerprint density at radius 2 is 2.07 bits per heavy atom. The number of hydrogen-bond acceptors (Lipinski definition) is 2. The van der Waals surface area contributed by atoms with Gasteiger partial charge in [-0.05, 0) is 18.2 Å². The predicted molar refractivity (Wildman–Crippen MR) is 57.7 cm³/mol. The summed E-state index contributed by atoms with van der Waals surface area (Å²) in [5.41, 5.74) is 0.106. The maximum atomic E-state index is 12.8. The largest absolute Gasteiger partial charge is 0.283 e. The molecule has 0 fully saturated rings. The van der Waals surface area contributed by atoms with Crippen molar-refractivity contribution in [2.75, 3.05) is 9.38 Å². The number of anilines is 1. The Kier molecular flexibility index (Phi) is 3.74. The van der Waals surface area contributed by atoms with E-state index in [1.165, 1.54) is 6.07 Å². The smallest absolute Gasteiger partial charge is 0.242 e. The number of halogens is 3. The fourth-order valence-electron chi connectivity index (χ4n) is 0.820. The molecule has 1 rings (SSSR count). The monoisotopic (exact) mass is 301 g/mol. The van der Waals surface area contributed by atoms with Gasteiger partial charge in [0.05, 0.1) is 5.69 Å². The average molecular weight is 303 g/mol. The summed E-state index contributed by atoms with van der Waals surface area (Å²) in [5, 5.41) is 0.136. The van der Waals surface area contributed by atoms with Crippen molar-refractivity contribution in [2.24, 2.45) is 0 Å². The van der Waals surface area contributed by atoms with Gasteiger partial charge in [0.2, 0.25) is 10.0 Å². The first kappa shape index (κ1) is 11.7. The van der Waals surface area contributed by atoms with Gasteiger partial charge in [0.25, 0.3) is 0 Å². The highest BCUT2D eigenvalue weighted by molar-refractivity contribution is 9.10. The van der Waals surface area contributed by atoms with Crippen LogP contribution in [0.5, 0.6) is 0 Å². The highest BCUT2D eigenvalue weighted by Crippen LogP contribution is 2.19. The molecule has 0 unspecified atom stereocenters. The van der Waals surface area contributed by atoms with E-state index in [-0.39, 0.29) is 15.4 Å². The second-order valence-electron chi connectivity index (χ2n) is 2.48. The molecule has 1 N–H and O–H groups in total. The Morgan fingerprint density at radius 3 is 2.57 bits per heavy atom. The predicted octanol–water partition coefficient (Wildman–Crippen LogP) is 2.57. The van der Waals surface area contributed by atoms with E-state index in [2.05, 4.69) is 20.7 Å². The van der Waals surface area contributed by atoms with Crippen molar-refractivity contribution in [3.05, 3.63) is 29.0 Å². The SMILES string of the molecule is O=S(=O)(CBr)Nc1cc(F)cc(Cl)c1. The summed E-state index contributed by atoms with van der Waals surface area (Å²) in [7, 11) is -3.46. The second kappa shape index (κ2) is 4.46. The van der Waals surface area contributed by atoms with Crippen LogP contribution in [0.1, 0.15) is 0 Å². The molecule has 0 aromatic heterocycles. The van der Waals surface area contributed by atoms with Gasteiger partial charge in [0, 0.05) is 5.02 Å². The molecular weight excluding hydrogens is 297 g/mol. The fraction of sp³-hybridized carbons (Fsp3) is 0.143. The molecule has 0 aliphatic carbocycles. The van der Waals surface area contributed by atoms with Crippen molar-refractivity contribution in [2.45, 2.75) is 0 Å². The van der Waals surface area contributed by atoms with E-state index in [4.69, 9.17) is 11.6 Å². The highest BCUT2D eigenvalue weighted by Gasteiger charge is 2.08. The number of alkyl halides is 1. The Hall–Kier alpha value is -0.330. The highest BCUT2D eigenvalue weighted by atomic mass is 79.9. The Labute approximate surface area is 94.4 Å². The first-order valence-corrected chi connectivity index (χ1v) is 6.61. The van der Waals surface area contributed by atoms with Crippen LogP contribution < -0.4 is 4.72 Å². The zero-order chi connectivity index (χ0) is 10.8. The van der Waals surface area contributed by atoms with Gasteiger partial charge in [-0.25, -0.2) is 12.8 Å². The van der Waals surface area contributed by atoms with Crippen LogP contribution in [0.2, 0.25) is 5.02 Å². The van der Waals surface area contributed by atoms with E-state index in [9.17, 15) is 12.8 Å². The molecule has 0 radical (unpaired) electrons. The molecule has 0 saturated carbocycles. The summed E-state index contributed by atoms with van der Waals surface area (Å²) >= 11 is 8.32. The van der Waals surface area contributed by atoms with Crippen LogP contribution in [0.3, 0.4) is 0 Å². The zero-order valence-electron chi connectivity index (χ0n) is 6.80. The lowest BCUT2D eigenvalue weighted by Gasteiger charge is -2.05. The standard InChI is InChI=1S/C7H6BrClFNO2S/c8-4-14(12,13)11-7-2-5(9)1-6(10)3-7/h1-3,11H,4H2. The summed E-state index contributed by atoms with van der Waals surface area (Å²) in [4.78, 5) is 0. The minimum absolute atomic E-state index is 0.106. The van der Waals surface area contributed by atoms with Gasteiger partial charge in [0.15, 0.2) is 0 Å². The zero-order valence-corrected chi connectivity index (χ0v) is 9.96. The van der Waals surface area contributed by atoms with E-state index in [0.717, 1.165) is 12.1 Å². The number of rotatable bonds is 3. The van der Waals surface area contributed by atoms with Crippen LogP contribution >= 0.6 is 27.5 Å². The molecule has 0 aliphatic heterocycles. The first-order valence-electron chi connectivity index (χ1n) is 3.45. The van der Waals surface area contributed by atoms with Gasteiger partial charge in [-0.3, -0.25) is 4.72 Å². The van der Waals surface area contributed by atoms with E-state index in [1.807, 2.05) is 0 Å². The minimum Gasteiger partial charge on any atom is -0.283 e. The second-order valence-corrected chi connectivity index (χ2v) is 5.95. The molecule has 14 heavy (non-hydrogen) atoms. The lowest BCUT2D eigenvalue weighted by Crippen LogP contribution is -2.13. The summed E-state index contributed by atoms with van der Waals surface area (Å²) in [6.07, 6.45) is 0. The molecule has 0 saturated heterocycles. The number of benzene rings is 1. The third-order valence-corrected chi connectivity index (χ3v) is 4.14. The molecule has 3 nitrogen and oxygen atoms in total. The van der Waals surface area contributed by atoms with Gasteiger partial charge in [-0.1, -0.05) is 27.5 Å². The summed E-state index contributed by atoms with van der Waals surface area (Å²) < 4.78 is 36.8. The maximum Gasteiger partial charge on any atom is 0.242 e. The number of hydrogen-bond donors (Lipinski definition) is 1. The van der Waals surface area contributed by atoms with Gasteiger partial charge in [-0.15, -0.1) is 0 Å². The molecule has 78 valence electrons. The van der Waals surface area contributed by atoms with E-state index in [1.54, 1.807) is 0 Å². The summed E-state index contributed by atoms with van der Waals surface area (Å²) in [6.45, 7) is 0. The lowest BCUT2D eigenvalue weighted by molar-refractivity contribution is 0.606. The Morgan fingerprint density at radius 1 is 1.43 bits per heavy atom. The van der Waals surface area contributed by atoms with E-state index >= 15 is 0 Å². The van der Waals surface area contributed by atoms with Gasteiger partial charge in [0.1, 0.15) is 10.5 Å². The molecule has 0 spiro atoms. The normalized spacial score (nSPS) is 11.4. The topological polar surface area (TPSA) is 46.2 Å². The van der Waals surface area contributed by atoms with Crippen molar-refractivity contribution < 1.29 is 12.8 Å². The average Bonchev–Trinajstić information content (AvgIpc) is 2.01. The van der Waals surface area contributed by atoms with Crippen molar-refractivity contribution in [1.29, 1.82) is 0 Å².